The van der Waals surface area contributed by atoms with Crippen LogP contribution in [0.4, 0.5) is 0 Å². The number of hydrogen-bond acceptors (Lipinski definition) is 5. The van der Waals surface area contributed by atoms with Crippen LogP contribution in [0.25, 0.3) is 22.2 Å². The van der Waals surface area contributed by atoms with E-state index in [4.69, 9.17) is 5.11 Å². The van der Waals surface area contributed by atoms with Crippen LogP contribution in [0.2, 0.25) is 0 Å². The molecule has 0 aliphatic rings. The Bertz CT molecular complexity index is 908. The van der Waals surface area contributed by atoms with Crippen LogP contribution >= 0.6 is 0 Å². The summed E-state index contributed by atoms with van der Waals surface area (Å²) in [5.41, 5.74) is 1.56. The van der Waals surface area contributed by atoms with E-state index in [0.29, 0.717) is 22.2 Å². The number of nitrogens with zero attached hydrogens (tertiary/aromatic N) is 3. The molecule has 1 aromatic carbocycles. The molecule has 2 heterocycles. The third-order valence-electron chi connectivity index (χ3n) is 3.10. The lowest BCUT2D eigenvalue weighted by atomic mass is 10.0. The average Bonchev–Trinajstić information content (AvgIpc) is 2.53. The van der Waals surface area contributed by atoms with Gasteiger partial charge in [0.05, 0.1) is 11.0 Å². The molecule has 2 N–H and O–H groups in total. The highest BCUT2D eigenvalue weighted by molar-refractivity contribution is 5.97. The quantitative estimate of drug-likeness (QED) is 0.760. The summed E-state index contributed by atoms with van der Waals surface area (Å²) in [6.45, 7) is 0. The van der Waals surface area contributed by atoms with Crippen molar-refractivity contribution in [1.29, 1.82) is 0 Å². The van der Waals surface area contributed by atoms with Crippen LogP contribution in [0.5, 0.6) is 0 Å². The maximum Gasteiger partial charge on any atom is 0.355 e. The molecule has 7 heteroatoms. The molecule has 108 valence electrons. The van der Waals surface area contributed by atoms with E-state index >= 15 is 0 Å². The number of hydrogen-bond donors (Lipinski definition) is 2. The maximum absolute atomic E-state index is 11.4. The van der Waals surface area contributed by atoms with Crippen LogP contribution in [0.15, 0.2) is 42.7 Å². The van der Waals surface area contributed by atoms with E-state index < -0.39 is 11.9 Å². The average molecular weight is 295 g/mol. The van der Waals surface area contributed by atoms with Gasteiger partial charge in [0.1, 0.15) is 5.69 Å². The Morgan fingerprint density at radius 2 is 1.59 bits per heavy atom. The zero-order valence-corrected chi connectivity index (χ0v) is 11.1. The third kappa shape index (κ3) is 2.35. The Hall–Kier alpha value is -3.35. The number of aromatic carboxylic acids is 2. The number of carboxylic acids is 2. The van der Waals surface area contributed by atoms with E-state index in [-0.39, 0.29) is 11.4 Å². The predicted octanol–water partition coefficient (Wildman–Crippen LogP) is 2.09. The summed E-state index contributed by atoms with van der Waals surface area (Å²) in [5, 5.41) is 18.2. The lowest BCUT2D eigenvalue weighted by molar-refractivity contribution is 0.0686. The minimum Gasteiger partial charge on any atom is -0.477 e. The molecule has 0 aliphatic heterocycles. The van der Waals surface area contributed by atoms with Crippen LogP contribution in [-0.2, 0) is 0 Å². The zero-order chi connectivity index (χ0) is 15.7. The fraction of sp³-hybridized carbons (Fsp3) is 0. The summed E-state index contributed by atoms with van der Waals surface area (Å²) in [5.74, 6) is -2.57. The molecular weight excluding hydrogens is 286 g/mol. The number of fused-ring (bicyclic) bond motifs is 1. The van der Waals surface area contributed by atoms with Gasteiger partial charge in [-0.2, -0.15) is 0 Å². The minimum absolute atomic E-state index is 0.317. The van der Waals surface area contributed by atoms with Crippen molar-refractivity contribution >= 4 is 23.0 Å². The number of pyridine rings is 1. The van der Waals surface area contributed by atoms with Crippen molar-refractivity contribution in [2.24, 2.45) is 0 Å². The van der Waals surface area contributed by atoms with Gasteiger partial charge in [-0.15, -0.1) is 0 Å². The lowest BCUT2D eigenvalue weighted by Crippen LogP contribution is -2.09. The van der Waals surface area contributed by atoms with Gasteiger partial charge in [0.2, 0.25) is 0 Å². The summed E-state index contributed by atoms with van der Waals surface area (Å²) in [6, 6.07) is 7.80. The summed E-state index contributed by atoms with van der Waals surface area (Å²) in [4.78, 5) is 34.3. The van der Waals surface area contributed by atoms with Gasteiger partial charge in [0.15, 0.2) is 5.69 Å². The Morgan fingerprint density at radius 3 is 2.27 bits per heavy atom. The molecule has 0 radical (unpaired) electrons. The maximum atomic E-state index is 11.4. The SMILES string of the molecule is O=C(O)c1ccc(-c2ccc3nccnc3c2)c(C(=O)O)n1. The van der Waals surface area contributed by atoms with Crippen LogP contribution < -0.4 is 0 Å². The smallest absolute Gasteiger partial charge is 0.355 e. The molecule has 2 aromatic heterocycles. The molecule has 7 nitrogen and oxygen atoms in total. The molecule has 0 unspecified atom stereocenters. The topological polar surface area (TPSA) is 113 Å². The highest BCUT2D eigenvalue weighted by Crippen LogP contribution is 2.25. The Balaban J connectivity index is 2.20. The molecule has 0 aliphatic carbocycles. The van der Waals surface area contributed by atoms with E-state index in [1.165, 1.54) is 18.3 Å². The predicted molar refractivity (Wildman–Crippen MR) is 76.7 cm³/mol. The first-order valence-electron chi connectivity index (χ1n) is 6.25. The van der Waals surface area contributed by atoms with E-state index in [2.05, 4.69) is 15.0 Å². The molecule has 0 fully saturated rings. The summed E-state index contributed by atoms with van der Waals surface area (Å²) in [6.07, 6.45) is 3.10. The van der Waals surface area contributed by atoms with Gasteiger partial charge in [0.25, 0.3) is 0 Å². The molecule has 3 rings (SSSR count). The Morgan fingerprint density at radius 1 is 0.864 bits per heavy atom. The van der Waals surface area contributed by atoms with E-state index in [0.717, 1.165) is 0 Å². The van der Waals surface area contributed by atoms with Crippen LogP contribution in [0.3, 0.4) is 0 Å². The summed E-state index contributed by atoms with van der Waals surface area (Å²) in [7, 11) is 0. The number of rotatable bonds is 3. The molecule has 0 amide bonds. The van der Waals surface area contributed by atoms with Gasteiger partial charge in [-0.05, 0) is 29.8 Å². The van der Waals surface area contributed by atoms with E-state index in [1.807, 2.05) is 0 Å². The molecule has 0 bridgehead atoms. The van der Waals surface area contributed by atoms with Crippen molar-refractivity contribution in [3.8, 4) is 11.1 Å². The van der Waals surface area contributed by atoms with Crippen molar-refractivity contribution in [3.05, 3.63) is 54.1 Å². The minimum atomic E-state index is -1.29. The third-order valence-corrected chi connectivity index (χ3v) is 3.10. The normalized spacial score (nSPS) is 10.5. The van der Waals surface area contributed by atoms with Crippen molar-refractivity contribution in [3.63, 3.8) is 0 Å². The molecular formula is C15H9N3O4. The van der Waals surface area contributed by atoms with Crippen LogP contribution in [-0.4, -0.2) is 37.1 Å². The molecule has 0 saturated heterocycles. The highest BCUT2D eigenvalue weighted by atomic mass is 16.4. The van der Waals surface area contributed by atoms with Gasteiger partial charge in [-0.25, -0.2) is 14.6 Å². The molecule has 0 saturated carbocycles. The van der Waals surface area contributed by atoms with Gasteiger partial charge < -0.3 is 10.2 Å². The van der Waals surface area contributed by atoms with Crippen molar-refractivity contribution in [2.75, 3.05) is 0 Å². The monoisotopic (exact) mass is 295 g/mol. The van der Waals surface area contributed by atoms with Crippen molar-refractivity contribution in [2.45, 2.75) is 0 Å². The number of carbonyl (C=O) groups is 2. The Kier molecular flexibility index (Phi) is 3.23. The van der Waals surface area contributed by atoms with Gasteiger partial charge in [-0.1, -0.05) is 6.07 Å². The molecule has 3 aromatic rings. The highest BCUT2D eigenvalue weighted by Gasteiger charge is 2.17. The number of carboxylic acid groups (broad SMARTS) is 2. The van der Waals surface area contributed by atoms with Gasteiger partial charge >= 0.3 is 11.9 Å². The van der Waals surface area contributed by atoms with Crippen molar-refractivity contribution < 1.29 is 19.8 Å². The largest absolute Gasteiger partial charge is 0.477 e. The Labute approximate surface area is 123 Å². The fourth-order valence-electron chi connectivity index (χ4n) is 2.11. The first-order chi connectivity index (χ1) is 10.6. The summed E-state index contributed by atoms with van der Waals surface area (Å²) >= 11 is 0. The van der Waals surface area contributed by atoms with Crippen LogP contribution in [0, 0.1) is 0 Å². The second-order valence-electron chi connectivity index (χ2n) is 4.46. The number of benzene rings is 1. The van der Waals surface area contributed by atoms with Gasteiger partial charge in [-0.3, -0.25) is 9.97 Å². The van der Waals surface area contributed by atoms with E-state index in [9.17, 15) is 14.7 Å². The van der Waals surface area contributed by atoms with E-state index in [1.54, 1.807) is 24.4 Å². The molecule has 22 heavy (non-hydrogen) atoms. The fourth-order valence-corrected chi connectivity index (χ4v) is 2.11. The first kappa shape index (κ1) is 13.6. The summed E-state index contributed by atoms with van der Waals surface area (Å²) < 4.78 is 0. The standard InChI is InChI=1S/C15H9N3O4/c19-14(20)11-4-2-9(13(18-11)15(21)22)8-1-3-10-12(7-8)17-6-5-16-10/h1-7H,(H,19,20)(H,21,22). The first-order valence-corrected chi connectivity index (χ1v) is 6.25. The molecule has 0 atom stereocenters. The lowest BCUT2D eigenvalue weighted by Gasteiger charge is -2.07. The van der Waals surface area contributed by atoms with Crippen LogP contribution in [0.1, 0.15) is 21.0 Å². The molecule has 0 spiro atoms. The second kappa shape index (κ2) is 5.21. The van der Waals surface area contributed by atoms with Crippen molar-refractivity contribution in [1.82, 2.24) is 15.0 Å². The number of aromatic nitrogens is 3. The second-order valence-corrected chi connectivity index (χ2v) is 4.46. The zero-order valence-electron chi connectivity index (χ0n) is 11.1. The van der Waals surface area contributed by atoms with Gasteiger partial charge in [0, 0.05) is 18.0 Å².